The second kappa shape index (κ2) is 8.96. The molecule has 0 saturated carbocycles. The van der Waals surface area contributed by atoms with E-state index in [1.54, 1.807) is 49.5 Å². The first-order valence-electron chi connectivity index (χ1n) is 9.05. The Morgan fingerprint density at radius 1 is 1.03 bits per heavy atom. The number of anilines is 1. The highest BCUT2D eigenvalue weighted by atomic mass is 32.2. The molecule has 1 amide bonds. The molecule has 0 aliphatic heterocycles. The molecule has 0 radical (unpaired) electrons. The first-order valence-corrected chi connectivity index (χ1v) is 10.5. The highest BCUT2D eigenvalue weighted by Crippen LogP contribution is 2.20. The van der Waals surface area contributed by atoms with Gasteiger partial charge in [0.25, 0.3) is 15.9 Å². The van der Waals surface area contributed by atoms with Crippen molar-refractivity contribution >= 4 is 21.6 Å². The molecular formula is C22H21FN2O4S. The Morgan fingerprint density at radius 2 is 1.70 bits per heavy atom. The predicted octanol–water partition coefficient (Wildman–Crippen LogP) is 3.91. The fraction of sp³-hybridized carbons (Fsp3) is 0.136. The van der Waals surface area contributed by atoms with Gasteiger partial charge in [0, 0.05) is 24.8 Å². The van der Waals surface area contributed by atoms with Gasteiger partial charge in [-0.25, -0.2) is 12.8 Å². The molecule has 0 unspecified atom stereocenters. The van der Waals surface area contributed by atoms with E-state index in [4.69, 9.17) is 4.74 Å². The molecule has 0 aliphatic carbocycles. The third kappa shape index (κ3) is 5.15. The van der Waals surface area contributed by atoms with Gasteiger partial charge in [0.1, 0.15) is 11.6 Å². The van der Waals surface area contributed by atoms with Crippen molar-refractivity contribution < 1.29 is 22.3 Å². The molecule has 0 fully saturated rings. The van der Waals surface area contributed by atoms with Crippen molar-refractivity contribution in [3.8, 4) is 5.75 Å². The largest absolute Gasteiger partial charge is 0.497 e. The molecule has 156 valence electrons. The van der Waals surface area contributed by atoms with Gasteiger partial charge in [-0.1, -0.05) is 18.2 Å². The van der Waals surface area contributed by atoms with Gasteiger partial charge in [0.2, 0.25) is 0 Å². The van der Waals surface area contributed by atoms with E-state index >= 15 is 0 Å². The van der Waals surface area contributed by atoms with E-state index in [0.29, 0.717) is 17.9 Å². The Morgan fingerprint density at radius 3 is 2.33 bits per heavy atom. The van der Waals surface area contributed by atoms with E-state index in [9.17, 15) is 17.6 Å². The Hall–Kier alpha value is -3.39. The van der Waals surface area contributed by atoms with Crippen LogP contribution >= 0.6 is 0 Å². The van der Waals surface area contributed by atoms with E-state index in [1.165, 1.54) is 42.3 Å². The van der Waals surface area contributed by atoms with Crippen molar-refractivity contribution in [2.75, 3.05) is 18.9 Å². The van der Waals surface area contributed by atoms with Crippen LogP contribution in [0.4, 0.5) is 10.1 Å². The Balaban J connectivity index is 1.74. The van der Waals surface area contributed by atoms with Crippen LogP contribution in [-0.4, -0.2) is 33.4 Å². The number of sulfonamides is 1. The number of carbonyl (C=O) groups excluding carboxylic acids is 1. The highest BCUT2D eigenvalue weighted by Gasteiger charge is 2.17. The minimum atomic E-state index is -3.82. The minimum Gasteiger partial charge on any atom is -0.497 e. The van der Waals surface area contributed by atoms with Crippen LogP contribution in [0.15, 0.2) is 77.7 Å². The summed E-state index contributed by atoms with van der Waals surface area (Å²) < 4.78 is 45.8. The number of ether oxygens (including phenoxy) is 1. The molecule has 0 aliphatic rings. The Kier molecular flexibility index (Phi) is 6.37. The van der Waals surface area contributed by atoms with Crippen LogP contribution in [0, 0.1) is 5.82 Å². The van der Waals surface area contributed by atoms with Crippen LogP contribution in [-0.2, 0) is 16.6 Å². The summed E-state index contributed by atoms with van der Waals surface area (Å²) in [6.45, 7) is 0.293. The molecule has 0 bridgehead atoms. The van der Waals surface area contributed by atoms with Crippen molar-refractivity contribution in [3.63, 3.8) is 0 Å². The molecule has 3 rings (SSSR count). The molecule has 0 heterocycles. The van der Waals surface area contributed by atoms with Gasteiger partial charge in [-0.3, -0.25) is 9.52 Å². The van der Waals surface area contributed by atoms with E-state index in [0.717, 1.165) is 5.56 Å². The van der Waals surface area contributed by atoms with Crippen LogP contribution in [0.5, 0.6) is 5.75 Å². The average Bonchev–Trinajstić information content (AvgIpc) is 2.74. The van der Waals surface area contributed by atoms with Gasteiger partial charge >= 0.3 is 0 Å². The van der Waals surface area contributed by atoms with E-state index in [-0.39, 0.29) is 22.3 Å². The van der Waals surface area contributed by atoms with Gasteiger partial charge < -0.3 is 9.64 Å². The number of benzene rings is 3. The summed E-state index contributed by atoms with van der Waals surface area (Å²) in [5.41, 5.74) is 1.38. The zero-order valence-electron chi connectivity index (χ0n) is 16.5. The fourth-order valence-corrected chi connectivity index (χ4v) is 3.89. The topological polar surface area (TPSA) is 75.7 Å². The zero-order valence-corrected chi connectivity index (χ0v) is 17.3. The number of amides is 1. The van der Waals surface area contributed by atoms with Gasteiger partial charge in [-0.2, -0.15) is 0 Å². The Bertz CT molecular complexity index is 1130. The molecule has 30 heavy (non-hydrogen) atoms. The summed E-state index contributed by atoms with van der Waals surface area (Å²) in [6.07, 6.45) is 0. The third-order valence-electron chi connectivity index (χ3n) is 4.41. The number of nitrogens with one attached hydrogen (secondary N) is 1. The van der Waals surface area contributed by atoms with Crippen LogP contribution < -0.4 is 9.46 Å². The first kappa shape index (κ1) is 21.3. The maximum atomic E-state index is 13.0. The second-order valence-corrected chi connectivity index (χ2v) is 8.33. The van der Waals surface area contributed by atoms with E-state index in [2.05, 4.69) is 4.72 Å². The third-order valence-corrected chi connectivity index (χ3v) is 5.81. The smallest absolute Gasteiger partial charge is 0.261 e. The van der Waals surface area contributed by atoms with Crippen LogP contribution in [0.25, 0.3) is 0 Å². The number of methoxy groups -OCH3 is 1. The maximum Gasteiger partial charge on any atom is 0.261 e. The van der Waals surface area contributed by atoms with Crippen LogP contribution in [0.2, 0.25) is 0 Å². The fourth-order valence-electron chi connectivity index (χ4n) is 2.84. The quantitative estimate of drug-likeness (QED) is 0.619. The molecule has 0 aromatic heterocycles. The molecular weight excluding hydrogens is 407 g/mol. The predicted molar refractivity (Wildman–Crippen MR) is 112 cm³/mol. The lowest BCUT2D eigenvalue weighted by molar-refractivity contribution is 0.0785. The molecule has 8 heteroatoms. The molecule has 0 spiro atoms. The Labute approximate surface area is 175 Å². The van der Waals surface area contributed by atoms with Crippen LogP contribution in [0.3, 0.4) is 0 Å². The van der Waals surface area contributed by atoms with Crippen molar-refractivity contribution in [3.05, 3.63) is 89.7 Å². The van der Waals surface area contributed by atoms with Gasteiger partial charge in [-0.15, -0.1) is 0 Å². The summed E-state index contributed by atoms with van der Waals surface area (Å²) in [5.74, 6) is -0.0832. The van der Waals surface area contributed by atoms with Crippen molar-refractivity contribution in [2.24, 2.45) is 0 Å². The van der Waals surface area contributed by atoms with Crippen molar-refractivity contribution in [1.82, 2.24) is 4.90 Å². The summed E-state index contributed by atoms with van der Waals surface area (Å²) >= 11 is 0. The van der Waals surface area contributed by atoms with E-state index < -0.39 is 10.0 Å². The minimum absolute atomic E-state index is 0.0773. The summed E-state index contributed by atoms with van der Waals surface area (Å²) in [7, 11) is -0.697. The van der Waals surface area contributed by atoms with Crippen molar-refractivity contribution in [1.29, 1.82) is 0 Å². The second-order valence-electron chi connectivity index (χ2n) is 6.65. The van der Waals surface area contributed by atoms with Gasteiger partial charge in [0.05, 0.1) is 12.0 Å². The number of hydrogen-bond donors (Lipinski definition) is 1. The maximum absolute atomic E-state index is 13.0. The van der Waals surface area contributed by atoms with Crippen molar-refractivity contribution in [2.45, 2.75) is 11.4 Å². The molecule has 6 nitrogen and oxygen atoms in total. The normalized spacial score (nSPS) is 11.0. The SMILES string of the molecule is COc1ccc(S(=O)(=O)Nc2cccc(C(=O)N(C)Cc3ccc(F)cc3)c2)cc1. The molecule has 3 aromatic carbocycles. The lowest BCUT2D eigenvalue weighted by atomic mass is 10.1. The number of rotatable bonds is 7. The standard InChI is InChI=1S/C22H21FN2O4S/c1-25(15-16-6-8-18(23)9-7-16)22(26)17-4-3-5-19(14-17)24-30(27,28)21-12-10-20(29-2)11-13-21/h3-14,24H,15H2,1-2H3. The van der Waals surface area contributed by atoms with Crippen LogP contribution in [0.1, 0.15) is 15.9 Å². The highest BCUT2D eigenvalue weighted by molar-refractivity contribution is 7.92. The molecule has 1 N–H and O–H groups in total. The summed E-state index contributed by atoms with van der Waals surface area (Å²) in [5, 5.41) is 0. The number of hydrogen-bond acceptors (Lipinski definition) is 4. The molecule has 0 atom stereocenters. The lowest BCUT2D eigenvalue weighted by Crippen LogP contribution is -2.26. The molecule has 0 saturated heterocycles. The monoisotopic (exact) mass is 428 g/mol. The summed E-state index contributed by atoms with van der Waals surface area (Å²) in [6, 6.07) is 18.1. The summed E-state index contributed by atoms with van der Waals surface area (Å²) in [4.78, 5) is 14.3. The van der Waals surface area contributed by atoms with E-state index in [1.807, 2.05) is 0 Å². The number of halogens is 1. The lowest BCUT2D eigenvalue weighted by Gasteiger charge is -2.18. The van der Waals surface area contributed by atoms with Gasteiger partial charge in [-0.05, 0) is 60.2 Å². The first-order chi connectivity index (χ1) is 14.3. The number of carbonyl (C=O) groups is 1. The zero-order chi connectivity index (χ0) is 21.7. The number of nitrogens with zero attached hydrogens (tertiary/aromatic N) is 1. The average molecular weight is 428 g/mol. The van der Waals surface area contributed by atoms with Gasteiger partial charge in [0.15, 0.2) is 0 Å². The molecule has 3 aromatic rings.